The number of hydrogen-bond acceptors (Lipinski definition) is 5. The highest BCUT2D eigenvalue weighted by molar-refractivity contribution is 7.09. The first-order chi connectivity index (χ1) is 15.9. The minimum Gasteiger partial charge on any atom is -0.350 e. The van der Waals surface area contributed by atoms with E-state index in [1.807, 2.05) is 55.1 Å². The van der Waals surface area contributed by atoms with Crippen LogP contribution in [0.2, 0.25) is 0 Å². The molecule has 0 aliphatic heterocycles. The molecule has 0 radical (unpaired) electrons. The van der Waals surface area contributed by atoms with Crippen molar-refractivity contribution in [2.45, 2.75) is 46.3 Å². The molecule has 0 aliphatic rings. The van der Waals surface area contributed by atoms with Gasteiger partial charge in [-0.3, -0.25) is 9.59 Å². The lowest BCUT2D eigenvalue weighted by Gasteiger charge is -2.12. The van der Waals surface area contributed by atoms with Gasteiger partial charge in [-0.1, -0.05) is 25.1 Å². The Morgan fingerprint density at radius 1 is 1.15 bits per heavy atom. The lowest BCUT2D eigenvalue weighted by molar-refractivity contribution is 0.0937. The summed E-state index contributed by atoms with van der Waals surface area (Å²) in [6.45, 7) is 6.81. The van der Waals surface area contributed by atoms with Crippen molar-refractivity contribution in [3.63, 3.8) is 0 Å². The van der Waals surface area contributed by atoms with Crippen molar-refractivity contribution in [1.82, 2.24) is 25.4 Å². The summed E-state index contributed by atoms with van der Waals surface area (Å²) in [7, 11) is 0. The fourth-order valence-corrected chi connectivity index (χ4v) is 4.22. The molecule has 7 nitrogen and oxygen atoms in total. The number of nitrogens with zero attached hydrogens (tertiary/aromatic N) is 3. The molecule has 33 heavy (non-hydrogen) atoms. The quantitative estimate of drug-likeness (QED) is 0.409. The molecule has 3 heterocycles. The average Bonchev–Trinajstić information content (AvgIpc) is 3.47. The summed E-state index contributed by atoms with van der Waals surface area (Å²) in [6.07, 6.45) is 2.56. The van der Waals surface area contributed by atoms with Crippen LogP contribution in [0.4, 0.5) is 0 Å². The van der Waals surface area contributed by atoms with E-state index in [1.165, 1.54) is 4.88 Å². The Bertz CT molecular complexity index is 1280. The van der Waals surface area contributed by atoms with E-state index in [0.29, 0.717) is 29.9 Å². The fraction of sp³-hybridized carbons (Fsp3) is 0.280. The van der Waals surface area contributed by atoms with Crippen molar-refractivity contribution in [1.29, 1.82) is 0 Å². The largest absolute Gasteiger partial charge is 0.350 e. The molecule has 3 aromatic heterocycles. The van der Waals surface area contributed by atoms with Crippen LogP contribution in [-0.4, -0.2) is 32.6 Å². The first-order valence-corrected chi connectivity index (χ1v) is 11.9. The summed E-state index contributed by atoms with van der Waals surface area (Å²) in [6, 6.07) is 13.3. The second kappa shape index (κ2) is 9.95. The number of nitrogens with one attached hydrogen (secondary N) is 2. The van der Waals surface area contributed by atoms with Gasteiger partial charge in [0.1, 0.15) is 0 Å². The predicted octanol–water partition coefficient (Wildman–Crippen LogP) is 4.31. The van der Waals surface area contributed by atoms with Gasteiger partial charge in [-0.2, -0.15) is 5.10 Å². The monoisotopic (exact) mass is 461 g/mol. The Kier molecular flexibility index (Phi) is 6.84. The smallest absolute Gasteiger partial charge is 0.252 e. The number of rotatable bonds is 8. The van der Waals surface area contributed by atoms with Gasteiger partial charge in [-0.05, 0) is 55.5 Å². The molecule has 0 saturated heterocycles. The molecule has 2 N–H and O–H groups in total. The number of pyridine rings is 1. The third-order valence-corrected chi connectivity index (χ3v) is 6.36. The maximum absolute atomic E-state index is 13.1. The van der Waals surface area contributed by atoms with Crippen LogP contribution < -0.4 is 10.6 Å². The van der Waals surface area contributed by atoms with Gasteiger partial charge in [0.2, 0.25) is 0 Å². The molecule has 0 spiro atoms. The third kappa shape index (κ3) is 5.28. The summed E-state index contributed by atoms with van der Waals surface area (Å²) in [5.41, 5.74) is 3.43. The molecular weight excluding hydrogens is 434 g/mol. The molecule has 1 aromatic carbocycles. The summed E-state index contributed by atoms with van der Waals surface area (Å²) in [5, 5.41) is 13.2. The summed E-state index contributed by atoms with van der Waals surface area (Å²) >= 11 is 1.66. The normalized spacial score (nSPS) is 12.0. The predicted molar refractivity (Wildman–Crippen MR) is 131 cm³/mol. The summed E-state index contributed by atoms with van der Waals surface area (Å²) < 4.78 is 1.82. The van der Waals surface area contributed by atoms with Gasteiger partial charge in [-0.25, -0.2) is 9.67 Å². The maximum Gasteiger partial charge on any atom is 0.252 e. The highest BCUT2D eigenvalue weighted by Crippen LogP contribution is 2.20. The van der Waals surface area contributed by atoms with Gasteiger partial charge in [-0.15, -0.1) is 11.3 Å². The molecule has 2 amide bonds. The Balaban J connectivity index is 1.50. The number of hydrogen-bond donors (Lipinski definition) is 2. The van der Waals surface area contributed by atoms with Gasteiger partial charge in [0, 0.05) is 28.7 Å². The van der Waals surface area contributed by atoms with Crippen LogP contribution in [0.15, 0.2) is 54.0 Å². The van der Waals surface area contributed by atoms with Crippen LogP contribution in [0.5, 0.6) is 0 Å². The SMILES string of the molecule is CCC(C)NC(=O)c1cccc(CNC(=O)c2cc(C)nc3c2cnn3Cc2cccs2)c1. The number of benzene rings is 1. The van der Waals surface area contributed by atoms with Crippen molar-refractivity contribution in [2.75, 3.05) is 0 Å². The number of carbonyl (C=O) groups is 2. The van der Waals surface area contributed by atoms with E-state index in [4.69, 9.17) is 0 Å². The van der Waals surface area contributed by atoms with Crippen LogP contribution >= 0.6 is 11.3 Å². The summed E-state index contributed by atoms with van der Waals surface area (Å²) in [5.74, 6) is -0.308. The minimum atomic E-state index is -0.198. The highest BCUT2D eigenvalue weighted by Gasteiger charge is 2.16. The van der Waals surface area contributed by atoms with E-state index in [0.717, 1.165) is 23.1 Å². The first kappa shape index (κ1) is 22.7. The molecule has 8 heteroatoms. The van der Waals surface area contributed by atoms with E-state index >= 15 is 0 Å². The Morgan fingerprint density at radius 2 is 2.00 bits per heavy atom. The lowest BCUT2D eigenvalue weighted by Crippen LogP contribution is -2.32. The molecule has 4 rings (SSSR count). The third-order valence-electron chi connectivity index (χ3n) is 5.50. The number of amides is 2. The van der Waals surface area contributed by atoms with Crippen LogP contribution in [0.3, 0.4) is 0 Å². The Morgan fingerprint density at radius 3 is 2.76 bits per heavy atom. The number of thiophene rings is 1. The van der Waals surface area contributed by atoms with E-state index in [9.17, 15) is 9.59 Å². The number of carbonyl (C=O) groups excluding carboxylic acids is 2. The second-order valence-electron chi connectivity index (χ2n) is 8.10. The zero-order valence-corrected chi connectivity index (χ0v) is 19.8. The Hall–Kier alpha value is -3.52. The molecule has 1 unspecified atom stereocenters. The average molecular weight is 462 g/mol. The van der Waals surface area contributed by atoms with Crippen molar-refractivity contribution in [2.24, 2.45) is 0 Å². The molecule has 4 aromatic rings. The molecule has 170 valence electrons. The zero-order valence-electron chi connectivity index (χ0n) is 19.0. The van der Waals surface area contributed by atoms with Crippen LogP contribution in [0.1, 0.15) is 57.1 Å². The van der Waals surface area contributed by atoms with Gasteiger partial charge in [0.05, 0.1) is 23.7 Å². The summed E-state index contributed by atoms with van der Waals surface area (Å²) in [4.78, 5) is 31.3. The van der Waals surface area contributed by atoms with Gasteiger partial charge >= 0.3 is 0 Å². The van der Waals surface area contributed by atoms with E-state index in [-0.39, 0.29) is 17.9 Å². The van der Waals surface area contributed by atoms with E-state index < -0.39 is 0 Å². The van der Waals surface area contributed by atoms with Crippen LogP contribution in [0.25, 0.3) is 11.0 Å². The minimum absolute atomic E-state index is 0.109. The standard InChI is InChI=1S/C25H27N5O2S/c1-4-16(2)29-24(31)19-8-5-7-18(12-19)13-26-25(32)21-11-17(3)28-23-22(21)14-27-30(23)15-20-9-6-10-33-20/h5-12,14,16H,4,13,15H2,1-3H3,(H,26,32)(H,29,31). The molecule has 0 aliphatic carbocycles. The topological polar surface area (TPSA) is 88.9 Å². The fourth-order valence-electron chi connectivity index (χ4n) is 3.54. The van der Waals surface area contributed by atoms with Crippen LogP contribution in [-0.2, 0) is 13.1 Å². The van der Waals surface area contributed by atoms with Gasteiger partial charge in [0.25, 0.3) is 11.8 Å². The zero-order chi connectivity index (χ0) is 23.4. The highest BCUT2D eigenvalue weighted by atomic mass is 32.1. The van der Waals surface area contributed by atoms with Crippen molar-refractivity contribution >= 4 is 34.2 Å². The lowest BCUT2D eigenvalue weighted by atomic mass is 10.1. The van der Waals surface area contributed by atoms with Crippen molar-refractivity contribution in [3.8, 4) is 0 Å². The van der Waals surface area contributed by atoms with Crippen LogP contribution in [0, 0.1) is 6.92 Å². The first-order valence-electron chi connectivity index (χ1n) is 11.0. The molecule has 0 bridgehead atoms. The van der Waals surface area contributed by atoms with E-state index in [2.05, 4.69) is 26.8 Å². The molecular formula is C25H27N5O2S. The number of aryl methyl sites for hydroxylation is 1. The van der Waals surface area contributed by atoms with E-state index in [1.54, 1.807) is 29.7 Å². The maximum atomic E-state index is 13.1. The Labute approximate surface area is 196 Å². The van der Waals surface area contributed by atoms with Gasteiger partial charge < -0.3 is 10.6 Å². The molecule has 0 saturated carbocycles. The number of fused-ring (bicyclic) bond motifs is 1. The van der Waals surface area contributed by atoms with Crippen molar-refractivity contribution < 1.29 is 9.59 Å². The van der Waals surface area contributed by atoms with Crippen molar-refractivity contribution in [3.05, 3.63) is 81.3 Å². The molecule has 0 fully saturated rings. The number of aromatic nitrogens is 3. The second-order valence-corrected chi connectivity index (χ2v) is 9.13. The van der Waals surface area contributed by atoms with Gasteiger partial charge in [0.15, 0.2) is 5.65 Å². The molecule has 1 atom stereocenters.